The van der Waals surface area contributed by atoms with Gasteiger partial charge in [0.25, 0.3) is 5.91 Å². The minimum Gasteiger partial charge on any atom is -0.399 e. The van der Waals surface area contributed by atoms with E-state index in [1.54, 1.807) is 24.4 Å². The molecule has 0 aliphatic heterocycles. The molecule has 6 heteroatoms. The van der Waals surface area contributed by atoms with E-state index in [2.05, 4.69) is 10.4 Å². The first-order valence-electron chi connectivity index (χ1n) is 5.98. The van der Waals surface area contributed by atoms with Gasteiger partial charge in [-0.25, -0.2) is 0 Å². The highest BCUT2D eigenvalue weighted by atomic mass is 16.1. The van der Waals surface area contributed by atoms with Crippen LogP contribution in [0, 0.1) is 0 Å². The number of hydrogen-bond donors (Lipinski definition) is 3. The standard InChI is InChI=1S/C13H17N5O/c1-18-10(5-7-17-18)4-6-16-12-8-9(14)2-3-11(12)13(15)19/h2-3,5,7-8,16H,4,6,14H2,1H3,(H2,15,19). The van der Waals surface area contributed by atoms with Crippen LogP contribution in [-0.2, 0) is 13.5 Å². The normalized spacial score (nSPS) is 10.4. The first-order valence-corrected chi connectivity index (χ1v) is 5.98. The van der Waals surface area contributed by atoms with Crippen LogP contribution in [0.15, 0.2) is 30.5 Å². The van der Waals surface area contributed by atoms with Crippen molar-refractivity contribution in [2.75, 3.05) is 17.6 Å². The largest absolute Gasteiger partial charge is 0.399 e. The maximum Gasteiger partial charge on any atom is 0.250 e. The van der Waals surface area contributed by atoms with Gasteiger partial charge in [0, 0.05) is 43.3 Å². The molecule has 5 N–H and O–H groups in total. The van der Waals surface area contributed by atoms with Crippen LogP contribution >= 0.6 is 0 Å². The third-order valence-corrected chi connectivity index (χ3v) is 2.93. The predicted molar refractivity (Wildman–Crippen MR) is 74.8 cm³/mol. The van der Waals surface area contributed by atoms with Crippen molar-refractivity contribution in [3.63, 3.8) is 0 Å². The number of nitrogens with one attached hydrogen (secondary N) is 1. The number of carbonyl (C=O) groups excluding carboxylic acids is 1. The van der Waals surface area contributed by atoms with E-state index >= 15 is 0 Å². The van der Waals surface area contributed by atoms with Crippen LogP contribution < -0.4 is 16.8 Å². The van der Waals surface area contributed by atoms with Gasteiger partial charge in [0.15, 0.2) is 0 Å². The number of primary amides is 1. The third-order valence-electron chi connectivity index (χ3n) is 2.93. The molecule has 0 radical (unpaired) electrons. The van der Waals surface area contributed by atoms with Gasteiger partial charge in [-0.15, -0.1) is 0 Å². The number of rotatable bonds is 5. The molecule has 19 heavy (non-hydrogen) atoms. The van der Waals surface area contributed by atoms with Crippen molar-refractivity contribution in [3.8, 4) is 0 Å². The molecule has 1 aromatic heterocycles. The smallest absolute Gasteiger partial charge is 0.250 e. The Morgan fingerprint density at radius 1 is 1.42 bits per heavy atom. The Hall–Kier alpha value is -2.50. The van der Waals surface area contributed by atoms with E-state index in [-0.39, 0.29) is 0 Å². The molecule has 0 spiro atoms. The molecule has 100 valence electrons. The summed E-state index contributed by atoms with van der Waals surface area (Å²) in [5.74, 6) is -0.469. The van der Waals surface area contributed by atoms with Gasteiger partial charge in [-0.05, 0) is 24.3 Å². The maximum absolute atomic E-state index is 11.3. The highest BCUT2D eigenvalue weighted by molar-refractivity contribution is 5.99. The van der Waals surface area contributed by atoms with Crippen LogP contribution in [0.5, 0.6) is 0 Å². The second kappa shape index (κ2) is 5.43. The molecule has 0 saturated heterocycles. The van der Waals surface area contributed by atoms with Crippen molar-refractivity contribution in [1.82, 2.24) is 9.78 Å². The highest BCUT2D eigenvalue weighted by Gasteiger charge is 2.08. The van der Waals surface area contributed by atoms with Crippen molar-refractivity contribution >= 4 is 17.3 Å². The molecule has 1 heterocycles. The summed E-state index contributed by atoms with van der Waals surface area (Å²) in [5.41, 5.74) is 13.8. The summed E-state index contributed by atoms with van der Waals surface area (Å²) in [6.07, 6.45) is 2.55. The van der Waals surface area contributed by atoms with E-state index in [9.17, 15) is 4.79 Å². The van der Waals surface area contributed by atoms with E-state index < -0.39 is 5.91 Å². The van der Waals surface area contributed by atoms with E-state index in [1.807, 2.05) is 17.8 Å². The minimum absolute atomic E-state index is 0.444. The average Bonchev–Trinajstić information content (AvgIpc) is 2.75. The number of anilines is 2. The summed E-state index contributed by atoms with van der Waals surface area (Å²) in [6, 6.07) is 6.95. The number of nitrogens with two attached hydrogens (primary N) is 2. The molecule has 2 aromatic rings. The van der Waals surface area contributed by atoms with Crippen LogP contribution in [0.25, 0.3) is 0 Å². The molecule has 0 unspecified atom stereocenters. The number of amides is 1. The monoisotopic (exact) mass is 259 g/mol. The molecule has 0 bridgehead atoms. The van der Waals surface area contributed by atoms with Crippen molar-refractivity contribution in [2.24, 2.45) is 12.8 Å². The molecule has 0 aliphatic carbocycles. The molecule has 0 saturated carbocycles. The molecular formula is C13H17N5O. The quantitative estimate of drug-likeness (QED) is 0.690. The number of nitrogens with zero attached hydrogens (tertiary/aromatic N) is 2. The molecule has 2 rings (SSSR count). The summed E-state index contributed by atoms with van der Waals surface area (Å²) in [4.78, 5) is 11.3. The van der Waals surface area contributed by atoms with Gasteiger partial charge in [0.05, 0.1) is 5.56 Å². The molecule has 6 nitrogen and oxygen atoms in total. The van der Waals surface area contributed by atoms with E-state index in [0.29, 0.717) is 23.5 Å². The van der Waals surface area contributed by atoms with Crippen LogP contribution in [0.1, 0.15) is 16.1 Å². The number of benzene rings is 1. The second-order valence-corrected chi connectivity index (χ2v) is 4.29. The Morgan fingerprint density at radius 3 is 2.84 bits per heavy atom. The SMILES string of the molecule is Cn1nccc1CCNc1cc(N)ccc1C(N)=O. The summed E-state index contributed by atoms with van der Waals surface area (Å²) in [7, 11) is 1.89. The summed E-state index contributed by atoms with van der Waals surface area (Å²) >= 11 is 0. The van der Waals surface area contributed by atoms with Gasteiger partial charge in [0.1, 0.15) is 0 Å². The van der Waals surface area contributed by atoms with Gasteiger partial charge in [0.2, 0.25) is 0 Å². The van der Waals surface area contributed by atoms with E-state index in [4.69, 9.17) is 11.5 Å². The molecule has 1 aromatic carbocycles. The Morgan fingerprint density at radius 2 is 2.21 bits per heavy atom. The number of carbonyl (C=O) groups is 1. The van der Waals surface area contributed by atoms with Gasteiger partial charge in [-0.3, -0.25) is 9.48 Å². The molecular weight excluding hydrogens is 242 g/mol. The third kappa shape index (κ3) is 3.04. The molecule has 1 amide bonds. The van der Waals surface area contributed by atoms with Crippen molar-refractivity contribution < 1.29 is 4.79 Å². The van der Waals surface area contributed by atoms with Crippen LogP contribution in [0.3, 0.4) is 0 Å². The van der Waals surface area contributed by atoms with Gasteiger partial charge < -0.3 is 16.8 Å². The molecule has 0 atom stereocenters. The number of aryl methyl sites for hydroxylation is 1. The zero-order chi connectivity index (χ0) is 13.8. The van der Waals surface area contributed by atoms with Crippen LogP contribution in [0.2, 0.25) is 0 Å². The van der Waals surface area contributed by atoms with Crippen molar-refractivity contribution in [2.45, 2.75) is 6.42 Å². The van der Waals surface area contributed by atoms with Gasteiger partial charge in [-0.1, -0.05) is 0 Å². The summed E-state index contributed by atoms with van der Waals surface area (Å²) in [6.45, 7) is 0.670. The summed E-state index contributed by atoms with van der Waals surface area (Å²) in [5, 5.41) is 7.28. The van der Waals surface area contributed by atoms with Gasteiger partial charge in [-0.2, -0.15) is 5.10 Å². The fourth-order valence-electron chi connectivity index (χ4n) is 1.89. The lowest BCUT2D eigenvalue weighted by atomic mass is 10.1. The van der Waals surface area contributed by atoms with Crippen molar-refractivity contribution in [1.29, 1.82) is 0 Å². The van der Waals surface area contributed by atoms with Crippen molar-refractivity contribution in [3.05, 3.63) is 41.7 Å². The minimum atomic E-state index is -0.469. The Balaban J connectivity index is 2.05. The number of nitrogen functional groups attached to an aromatic ring is 1. The predicted octanol–water partition coefficient (Wildman–Crippen LogP) is 0.756. The Bertz CT molecular complexity index is 590. The fraction of sp³-hybridized carbons (Fsp3) is 0.231. The Kier molecular flexibility index (Phi) is 3.70. The zero-order valence-corrected chi connectivity index (χ0v) is 10.8. The van der Waals surface area contributed by atoms with Crippen LogP contribution in [-0.4, -0.2) is 22.2 Å². The van der Waals surface area contributed by atoms with Crippen LogP contribution in [0.4, 0.5) is 11.4 Å². The maximum atomic E-state index is 11.3. The fourth-order valence-corrected chi connectivity index (χ4v) is 1.89. The zero-order valence-electron chi connectivity index (χ0n) is 10.8. The lowest BCUT2D eigenvalue weighted by Gasteiger charge is -2.11. The lowest BCUT2D eigenvalue weighted by molar-refractivity contribution is 0.100. The van der Waals surface area contributed by atoms with Gasteiger partial charge >= 0.3 is 0 Å². The molecule has 0 fully saturated rings. The topological polar surface area (TPSA) is 99.0 Å². The lowest BCUT2D eigenvalue weighted by Crippen LogP contribution is -2.16. The second-order valence-electron chi connectivity index (χ2n) is 4.29. The van der Waals surface area contributed by atoms with E-state index in [1.165, 1.54) is 0 Å². The average molecular weight is 259 g/mol. The number of hydrogen-bond acceptors (Lipinski definition) is 4. The molecule has 0 aliphatic rings. The Labute approximate surface area is 111 Å². The first kappa shape index (κ1) is 12.9. The van der Waals surface area contributed by atoms with E-state index in [0.717, 1.165) is 12.1 Å². The highest BCUT2D eigenvalue weighted by Crippen LogP contribution is 2.18. The number of aromatic nitrogens is 2. The first-order chi connectivity index (χ1) is 9.08. The summed E-state index contributed by atoms with van der Waals surface area (Å²) < 4.78 is 1.82.